The summed E-state index contributed by atoms with van der Waals surface area (Å²) in [6.07, 6.45) is -1.71. The molecule has 3 aliphatic rings. The number of ketones is 2. The first-order chi connectivity index (χ1) is 20.7. The van der Waals surface area contributed by atoms with Crippen LogP contribution in [-0.4, -0.2) is 85.8 Å². The number of nitrogens with two attached hydrogens (primary N) is 1. The van der Waals surface area contributed by atoms with Crippen LogP contribution in [0.3, 0.4) is 0 Å². The number of primary amides is 1. The molecule has 0 fully saturated rings. The topological polar surface area (TPSA) is 223 Å². The number of aromatic hydroxyl groups is 1. The summed E-state index contributed by atoms with van der Waals surface area (Å²) >= 11 is 5.79. The Morgan fingerprint density at radius 3 is 2.25 bits per heavy atom. The highest BCUT2D eigenvalue weighted by molar-refractivity contribution is 6.25. The van der Waals surface area contributed by atoms with Crippen LogP contribution in [0.5, 0.6) is 5.75 Å². The fourth-order valence-electron chi connectivity index (χ4n) is 6.69. The van der Waals surface area contributed by atoms with Crippen LogP contribution in [0.25, 0.3) is 0 Å². The molecular formula is C30H31ClN4O9. The molecule has 6 atom stereocenters. The van der Waals surface area contributed by atoms with E-state index in [-0.39, 0.29) is 16.8 Å². The van der Waals surface area contributed by atoms with Crippen LogP contribution < -0.4 is 16.4 Å². The monoisotopic (exact) mass is 626 g/mol. The molecule has 13 nitrogen and oxygen atoms in total. The van der Waals surface area contributed by atoms with Gasteiger partial charge >= 0.3 is 6.03 Å². The number of amides is 3. The number of urea groups is 1. The van der Waals surface area contributed by atoms with Crippen molar-refractivity contribution in [2.75, 3.05) is 24.7 Å². The van der Waals surface area contributed by atoms with Gasteiger partial charge in [0.25, 0.3) is 5.91 Å². The van der Waals surface area contributed by atoms with E-state index in [9.17, 15) is 44.7 Å². The molecule has 2 aromatic carbocycles. The van der Waals surface area contributed by atoms with E-state index < -0.39 is 87.4 Å². The maximum Gasteiger partial charge on any atom is 0.323 e. The van der Waals surface area contributed by atoms with Gasteiger partial charge in [-0.05, 0) is 49.3 Å². The SMILES string of the molecule is C[C@H]1c2ccc(NC(=O)Nc3ccc(CCl)cc3)c(O)c2C(=O)C2=C(O)[C@]3(O)C(=O)C(C(N)=O)=C(O)[C@@H](N(C)C)[C@@H]3[C@@H](O)[C@@H]21. The minimum Gasteiger partial charge on any atom is -0.510 e. The lowest BCUT2D eigenvalue weighted by molar-refractivity contribution is -0.162. The first-order valence-corrected chi connectivity index (χ1v) is 14.1. The van der Waals surface area contributed by atoms with E-state index in [1.165, 1.54) is 31.1 Å². The van der Waals surface area contributed by atoms with Crippen molar-refractivity contribution in [2.24, 2.45) is 17.6 Å². The summed E-state index contributed by atoms with van der Waals surface area (Å²) in [7, 11) is 2.92. The number of anilines is 2. The molecule has 9 N–H and O–H groups in total. The second kappa shape index (κ2) is 10.9. The number of nitrogens with one attached hydrogen (secondary N) is 2. The Hall–Kier alpha value is -4.43. The van der Waals surface area contributed by atoms with E-state index in [1.807, 2.05) is 0 Å². The average molecular weight is 627 g/mol. The van der Waals surface area contributed by atoms with E-state index >= 15 is 0 Å². The molecule has 3 aliphatic carbocycles. The minimum atomic E-state index is -3.02. The van der Waals surface area contributed by atoms with Gasteiger partial charge in [0.1, 0.15) is 17.1 Å². The van der Waals surface area contributed by atoms with Crippen molar-refractivity contribution in [3.8, 4) is 5.75 Å². The third-order valence-corrected chi connectivity index (χ3v) is 9.05. The normalized spacial score (nSPS) is 27.9. The standard InChI is InChI=1S/C30H31ClN4O9/c1-11-14-8-9-15(34-29(43)33-13-6-4-12(10-31)5-7-13)22(36)17(14)23(37)18-16(11)24(38)20-21(35(2)3)25(39)19(28(32)42)27(41)30(20,44)26(18)40/h4-9,11,16,20-21,24,36,38-40,44H,10H2,1-3H3,(H2,32,42)(H2,33,34,43)/t11-,16+,20+,21-,24-,30-/m0/s1. The van der Waals surface area contributed by atoms with E-state index in [2.05, 4.69) is 10.6 Å². The lowest BCUT2D eigenvalue weighted by Gasteiger charge is -2.53. The van der Waals surface area contributed by atoms with Crippen molar-refractivity contribution in [1.29, 1.82) is 0 Å². The number of benzene rings is 2. The quantitative estimate of drug-likeness (QED) is 0.137. The van der Waals surface area contributed by atoms with Crippen LogP contribution in [0.15, 0.2) is 59.1 Å². The molecule has 0 unspecified atom stereocenters. The van der Waals surface area contributed by atoms with Crippen LogP contribution >= 0.6 is 11.6 Å². The number of hydrogen-bond donors (Lipinski definition) is 8. The Morgan fingerprint density at radius 2 is 1.68 bits per heavy atom. The first kappa shape index (κ1) is 31.0. The molecule has 2 aromatic rings. The van der Waals surface area contributed by atoms with Gasteiger partial charge in [0, 0.05) is 23.1 Å². The van der Waals surface area contributed by atoms with Gasteiger partial charge in [-0.15, -0.1) is 11.6 Å². The van der Waals surface area contributed by atoms with Gasteiger partial charge in [-0.1, -0.05) is 25.1 Å². The van der Waals surface area contributed by atoms with Crippen LogP contribution in [-0.2, 0) is 15.5 Å². The summed E-state index contributed by atoms with van der Waals surface area (Å²) in [6, 6.07) is 7.44. The maximum atomic E-state index is 14.0. The number of aliphatic hydroxyl groups excluding tert-OH is 3. The Labute approximate surface area is 256 Å². The van der Waals surface area contributed by atoms with Crippen molar-refractivity contribution in [2.45, 2.75) is 36.5 Å². The molecule has 0 spiro atoms. The zero-order valence-electron chi connectivity index (χ0n) is 23.8. The largest absolute Gasteiger partial charge is 0.510 e. The van der Waals surface area contributed by atoms with E-state index in [4.69, 9.17) is 17.3 Å². The molecule has 0 saturated heterocycles. The van der Waals surface area contributed by atoms with Gasteiger partial charge in [0.2, 0.25) is 5.78 Å². The predicted octanol–water partition coefficient (Wildman–Crippen LogP) is 2.04. The van der Waals surface area contributed by atoms with Crippen LogP contribution in [0, 0.1) is 11.8 Å². The molecule has 14 heteroatoms. The lowest BCUT2D eigenvalue weighted by Crippen LogP contribution is -2.68. The van der Waals surface area contributed by atoms with Gasteiger partial charge in [-0.2, -0.15) is 0 Å². The molecule has 0 saturated carbocycles. The molecule has 232 valence electrons. The number of rotatable bonds is 5. The Bertz CT molecular complexity index is 1670. The summed E-state index contributed by atoms with van der Waals surface area (Å²) in [5.41, 5.74) is 1.84. The number of phenols is 1. The molecule has 5 rings (SSSR count). The number of hydrogen-bond acceptors (Lipinski definition) is 10. The zero-order valence-corrected chi connectivity index (χ0v) is 24.6. The van der Waals surface area contributed by atoms with Crippen LogP contribution in [0.2, 0.25) is 0 Å². The summed E-state index contributed by atoms with van der Waals surface area (Å²) in [4.78, 5) is 53.7. The Morgan fingerprint density at radius 1 is 1.05 bits per heavy atom. The fraction of sp³-hybridized carbons (Fsp3) is 0.333. The molecule has 0 aliphatic heterocycles. The third kappa shape index (κ3) is 4.42. The summed E-state index contributed by atoms with van der Waals surface area (Å²) in [6.45, 7) is 1.61. The minimum absolute atomic E-state index is 0.157. The van der Waals surface area contributed by atoms with Gasteiger partial charge < -0.3 is 41.9 Å². The molecule has 3 amide bonds. The van der Waals surface area contributed by atoms with E-state index in [0.29, 0.717) is 11.6 Å². The summed E-state index contributed by atoms with van der Waals surface area (Å²) in [5.74, 6) is -9.73. The molecule has 0 radical (unpaired) electrons. The Balaban J connectivity index is 1.58. The first-order valence-electron chi connectivity index (χ1n) is 13.6. The Kier molecular flexibility index (Phi) is 7.70. The van der Waals surface area contributed by atoms with Crippen molar-refractivity contribution >= 4 is 46.5 Å². The maximum absolute atomic E-state index is 14.0. The van der Waals surface area contributed by atoms with Gasteiger partial charge in [0.15, 0.2) is 17.1 Å². The number of nitrogens with zero attached hydrogens (tertiary/aromatic N) is 1. The third-order valence-electron chi connectivity index (χ3n) is 8.75. The molecule has 0 heterocycles. The van der Waals surface area contributed by atoms with Gasteiger partial charge in [-0.25, -0.2) is 4.79 Å². The predicted molar refractivity (Wildman–Crippen MR) is 158 cm³/mol. The summed E-state index contributed by atoms with van der Waals surface area (Å²) in [5, 5.41) is 62.0. The fourth-order valence-corrected chi connectivity index (χ4v) is 6.86. The smallest absolute Gasteiger partial charge is 0.323 e. The second-order valence-electron chi connectivity index (χ2n) is 11.4. The lowest BCUT2D eigenvalue weighted by atomic mass is 9.55. The molecular weight excluding hydrogens is 596 g/mol. The van der Waals surface area contributed by atoms with Crippen LogP contribution in [0.1, 0.15) is 34.3 Å². The number of likely N-dealkylation sites (N-methyl/N-ethyl adjacent to an activating group) is 1. The number of carbonyl (C=O) groups excluding carboxylic acids is 4. The highest BCUT2D eigenvalue weighted by Gasteiger charge is 2.67. The van der Waals surface area contributed by atoms with E-state index in [0.717, 1.165) is 5.56 Å². The molecule has 44 heavy (non-hydrogen) atoms. The highest BCUT2D eigenvalue weighted by atomic mass is 35.5. The highest BCUT2D eigenvalue weighted by Crippen LogP contribution is 2.56. The van der Waals surface area contributed by atoms with Crippen molar-refractivity contribution in [1.82, 2.24) is 4.90 Å². The van der Waals surface area contributed by atoms with Gasteiger partial charge in [0.05, 0.1) is 29.3 Å². The van der Waals surface area contributed by atoms with E-state index in [1.54, 1.807) is 31.2 Å². The number of alkyl halides is 1. The number of fused-ring (bicyclic) bond motifs is 3. The number of Topliss-reactive ketones (excluding diaryl/α,β-unsaturated/α-hetero) is 2. The molecule has 0 aromatic heterocycles. The number of aliphatic hydroxyl groups is 4. The van der Waals surface area contributed by atoms with Crippen molar-refractivity contribution < 1.29 is 44.7 Å². The van der Waals surface area contributed by atoms with Crippen LogP contribution in [0.4, 0.5) is 16.2 Å². The second-order valence-corrected chi connectivity index (χ2v) is 11.7. The number of carbonyl (C=O) groups is 4. The van der Waals surface area contributed by atoms with Crippen molar-refractivity contribution in [3.05, 3.63) is 75.8 Å². The van der Waals surface area contributed by atoms with Gasteiger partial charge in [-0.3, -0.25) is 19.3 Å². The van der Waals surface area contributed by atoms with Crippen molar-refractivity contribution in [3.63, 3.8) is 0 Å². The summed E-state index contributed by atoms with van der Waals surface area (Å²) < 4.78 is 0. The number of halogens is 1. The average Bonchev–Trinajstić information content (AvgIpc) is 2.96. The molecule has 0 bridgehead atoms. The number of phenolic OH excluding ortho intramolecular Hbond substituents is 1. The zero-order chi connectivity index (χ0) is 32.4.